The highest BCUT2D eigenvalue weighted by atomic mass is 16.5. The number of nitrogens with zero attached hydrogens (tertiary/aromatic N) is 3. The van der Waals surface area contributed by atoms with Gasteiger partial charge in [0, 0.05) is 50.2 Å². The van der Waals surface area contributed by atoms with Gasteiger partial charge in [-0.05, 0) is 45.1 Å². The molecule has 0 radical (unpaired) electrons. The Morgan fingerprint density at radius 2 is 1.96 bits per heavy atom. The Morgan fingerprint density at radius 1 is 1.22 bits per heavy atom. The van der Waals surface area contributed by atoms with E-state index in [4.69, 9.17) is 9.84 Å². The molecule has 6 nitrogen and oxygen atoms in total. The number of hydrogen-bond acceptors (Lipinski definition) is 3. The number of carbonyl (C=O) groups excluding carboxylic acids is 1. The molecule has 0 saturated carbocycles. The third-order valence-electron chi connectivity index (χ3n) is 6.02. The van der Waals surface area contributed by atoms with E-state index in [0.717, 1.165) is 58.5 Å². The summed E-state index contributed by atoms with van der Waals surface area (Å²) >= 11 is 0. The van der Waals surface area contributed by atoms with E-state index >= 15 is 0 Å². The lowest BCUT2D eigenvalue weighted by Gasteiger charge is -2.33. The molecule has 1 N–H and O–H groups in total. The maximum atomic E-state index is 12.6. The van der Waals surface area contributed by atoms with Crippen molar-refractivity contribution in [1.82, 2.24) is 20.0 Å². The van der Waals surface area contributed by atoms with E-state index in [-0.39, 0.29) is 12.1 Å². The molecule has 2 amide bonds. The summed E-state index contributed by atoms with van der Waals surface area (Å²) < 4.78 is 7.50. The molecule has 146 valence electrons. The number of ether oxygens (including phenoxy) is 1. The molecule has 2 aliphatic rings. The number of urea groups is 1. The van der Waals surface area contributed by atoms with Crippen molar-refractivity contribution in [3.8, 4) is 0 Å². The van der Waals surface area contributed by atoms with Gasteiger partial charge in [-0.15, -0.1) is 0 Å². The number of nitrogens with one attached hydrogen (secondary N) is 1. The van der Waals surface area contributed by atoms with Gasteiger partial charge < -0.3 is 15.0 Å². The number of piperidine rings is 1. The van der Waals surface area contributed by atoms with E-state index in [1.54, 1.807) is 0 Å². The van der Waals surface area contributed by atoms with Crippen LogP contribution in [0.15, 0.2) is 18.2 Å². The third kappa shape index (κ3) is 3.68. The summed E-state index contributed by atoms with van der Waals surface area (Å²) in [6.07, 6.45) is 3.79. The number of aromatic nitrogens is 2. The van der Waals surface area contributed by atoms with Gasteiger partial charge in [-0.25, -0.2) is 4.79 Å². The first-order valence-electron chi connectivity index (χ1n) is 10.3. The zero-order valence-electron chi connectivity index (χ0n) is 16.4. The molecular formula is C21H30N4O2. The molecule has 2 aliphatic heterocycles. The highest BCUT2D eigenvalue weighted by Crippen LogP contribution is 2.33. The van der Waals surface area contributed by atoms with Crippen LogP contribution in [-0.4, -0.2) is 53.1 Å². The number of hydrogen-bond donors (Lipinski definition) is 1. The van der Waals surface area contributed by atoms with Crippen molar-refractivity contribution in [2.24, 2.45) is 0 Å². The first-order valence-corrected chi connectivity index (χ1v) is 10.3. The van der Waals surface area contributed by atoms with E-state index in [1.165, 1.54) is 22.2 Å². The van der Waals surface area contributed by atoms with Crippen LogP contribution in [0.25, 0.3) is 10.9 Å². The Bertz CT molecular complexity index is 802. The molecular weight excluding hydrogens is 340 g/mol. The number of rotatable bonds is 3. The van der Waals surface area contributed by atoms with Crippen LogP contribution in [0.2, 0.25) is 0 Å². The fourth-order valence-electron chi connectivity index (χ4n) is 4.44. The summed E-state index contributed by atoms with van der Waals surface area (Å²) in [5.74, 6) is 0.425. The van der Waals surface area contributed by atoms with Crippen LogP contribution >= 0.6 is 0 Å². The van der Waals surface area contributed by atoms with Gasteiger partial charge in [-0.1, -0.05) is 18.2 Å². The Morgan fingerprint density at radius 3 is 2.67 bits per heavy atom. The molecule has 0 atom stereocenters. The Hall–Kier alpha value is -2.08. The van der Waals surface area contributed by atoms with Crippen LogP contribution in [0.4, 0.5) is 4.79 Å². The summed E-state index contributed by atoms with van der Waals surface area (Å²) in [6, 6.07) is 6.82. The largest absolute Gasteiger partial charge is 0.381 e. The summed E-state index contributed by atoms with van der Waals surface area (Å²) in [5.41, 5.74) is 3.75. The molecule has 0 spiro atoms. The van der Waals surface area contributed by atoms with Crippen molar-refractivity contribution in [1.29, 1.82) is 0 Å². The highest BCUT2D eigenvalue weighted by molar-refractivity contribution is 5.85. The van der Waals surface area contributed by atoms with Gasteiger partial charge in [0.25, 0.3) is 0 Å². The topological polar surface area (TPSA) is 59.4 Å². The van der Waals surface area contributed by atoms with Gasteiger partial charge in [0.1, 0.15) is 0 Å². The van der Waals surface area contributed by atoms with Crippen LogP contribution in [-0.2, 0) is 11.3 Å². The average Bonchev–Trinajstić information content (AvgIpc) is 3.09. The van der Waals surface area contributed by atoms with E-state index < -0.39 is 0 Å². The third-order valence-corrected chi connectivity index (χ3v) is 6.02. The Kier molecular flexibility index (Phi) is 5.34. The minimum absolute atomic E-state index is 0.0835. The lowest BCUT2D eigenvalue weighted by Crippen LogP contribution is -2.49. The molecule has 1 aromatic heterocycles. The summed E-state index contributed by atoms with van der Waals surface area (Å²) in [7, 11) is 0. The highest BCUT2D eigenvalue weighted by Gasteiger charge is 2.28. The number of aryl methyl sites for hydroxylation is 2. The number of carbonyl (C=O) groups is 1. The zero-order chi connectivity index (χ0) is 18.8. The molecule has 3 heterocycles. The molecule has 4 rings (SSSR count). The van der Waals surface area contributed by atoms with E-state index in [2.05, 4.69) is 42.0 Å². The van der Waals surface area contributed by atoms with Gasteiger partial charge >= 0.3 is 6.03 Å². The summed E-state index contributed by atoms with van der Waals surface area (Å²) in [4.78, 5) is 14.5. The van der Waals surface area contributed by atoms with E-state index in [9.17, 15) is 4.79 Å². The smallest absolute Gasteiger partial charge is 0.317 e. The second-order valence-electron chi connectivity index (χ2n) is 7.77. The molecule has 6 heteroatoms. The molecule has 0 unspecified atom stereocenters. The van der Waals surface area contributed by atoms with Crippen LogP contribution < -0.4 is 5.32 Å². The normalized spacial score (nSPS) is 19.6. The Balaban J connectivity index is 1.43. The minimum Gasteiger partial charge on any atom is -0.381 e. The molecule has 2 saturated heterocycles. The summed E-state index contributed by atoms with van der Waals surface area (Å²) in [6.45, 7) is 8.28. The summed E-state index contributed by atoms with van der Waals surface area (Å²) in [5, 5.41) is 9.40. The van der Waals surface area contributed by atoms with Crippen molar-refractivity contribution in [3.63, 3.8) is 0 Å². The van der Waals surface area contributed by atoms with Crippen LogP contribution in [0.5, 0.6) is 0 Å². The second-order valence-corrected chi connectivity index (χ2v) is 7.77. The number of para-hydroxylation sites is 1. The molecule has 0 aliphatic carbocycles. The SMILES string of the molecule is CCn1nc(C2CCN(C(=O)NC3CCOCC3)CC2)c2cccc(C)c21. The number of likely N-dealkylation sites (tertiary alicyclic amines) is 1. The van der Waals surface area contributed by atoms with Crippen molar-refractivity contribution < 1.29 is 9.53 Å². The van der Waals surface area contributed by atoms with Gasteiger partial charge in [0.2, 0.25) is 0 Å². The lowest BCUT2D eigenvalue weighted by atomic mass is 9.91. The fourth-order valence-corrected chi connectivity index (χ4v) is 4.44. The van der Waals surface area contributed by atoms with Crippen LogP contribution in [0.3, 0.4) is 0 Å². The van der Waals surface area contributed by atoms with Gasteiger partial charge in [-0.2, -0.15) is 5.10 Å². The standard InChI is InChI=1S/C21H30N4O2/c1-3-25-20-15(2)5-4-6-18(20)19(23-25)16-7-11-24(12-8-16)21(26)22-17-9-13-27-14-10-17/h4-6,16-17H,3,7-14H2,1-2H3,(H,22,26). The van der Waals surface area contributed by atoms with Crippen molar-refractivity contribution in [2.75, 3.05) is 26.3 Å². The molecule has 2 aromatic rings. The van der Waals surface area contributed by atoms with Gasteiger partial charge in [0.15, 0.2) is 0 Å². The van der Waals surface area contributed by atoms with Gasteiger partial charge in [-0.3, -0.25) is 4.68 Å². The monoisotopic (exact) mass is 370 g/mol. The van der Waals surface area contributed by atoms with Crippen molar-refractivity contribution in [3.05, 3.63) is 29.5 Å². The maximum Gasteiger partial charge on any atom is 0.317 e. The number of amides is 2. The van der Waals surface area contributed by atoms with Crippen LogP contribution in [0, 0.1) is 6.92 Å². The number of fused-ring (bicyclic) bond motifs is 1. The van der Waals surface area contributed by atoms with E-state index in [1.807, 2.05) is 4.90 Å². The first-order chi connectivity index (χ1) is 13.2. The Labute approximate surface area is 160 Å². The lowest BCUT2D eigenvalue weighted by molar-refractivity contribution is 0.0775. The van der Waals surface area contributed by atoms with E-state index in [0.29, 0.717) is 5.92 Å². The molecule has 0 bridgehead atoms. The van der Waals surface area contributed by atoms with Crippen molar-refractivity contribution in [2.45, 2.75) is 58.0 Å². The predicted octanol–water partition coefficient (Wildman–Crippen LogP) is 3.43. The fraction of sp³-hybridized carbons (Fsp3) is 0.619. The van der Waals surface area contributed by atoms with Gasteiger partial charge in [0.05, 0.1) is 11.2 Å². The second kappa shape index (κ2) is 7.89. The molecule has 27 heavy (non-hydrogen) atoms. The quantitative estimate of drug-likeness (QED) is 0.900. The van der Waals surface area contributed by atoms with Crippen LogP contribution in [0.1, 0.15) is 49.8 Å². The molecule has 1 aromatic carbocycles. The zero-order valence-corrected chi connectivity index (χ0v) is 16.4. The first kappa shape index (κ1) is 18.3. The number of benzene rings is 1. The predicted molar refractivity (Wildman–Crippen MR) is 106 cm³/mol. The minimum atomic E-state index is 0.0835. The maximum absolute atomic E-state index is 12.6. The average molecular weight is 370 g/mol. The molecule has 2 fully saturated rings. The van der Waals surface area contributed by atoms with Crippen molar-refractivity contribution >= 4 is 16.9 Å².